The largest absolute Gasteiger partial charge is 0.388 e. The molecule has 0 aliphatic heterocycles. The highest BCUT2D eigenvalue weighted by molar-refractivity contribution is 5.21. The van der Waals surface area contributed by atoms with Crippen LogP contribution in [0.4, 0.5) is 8.78 Å². The van der Waals surface area contributed by atoms with E-state index in [0.29, 0.717) is 5.56 Å². The van der Waals surface area contributed by atoms with Crippen molar-refractivity contribution in [1.29, 1.82) is 0 Å². The second kappa shape index (κ2) is 4.70. The van der Waals surface area contributed by atoms with Gasteiger partial charge in [-0.15, -0.1) is 0 Å². The van der Waals surface area contributed by atoms with Crippen LogP contribution in [0.1, 0.15) is 26.3 Å². The predicted molar refractivity (Wildman–Crippen MR) is 63.5 cm³/mol. The van der Waals surface area contributed by atoms with E-state index in [1.54, 1.807) is 0 Å². The van der Waals surface area contributed by atoms with Crippen LogP contribution in [0.5, 0.6) is 0 Å². The lowest BCUT2D eigenvalue weighted by Gasteiger charge is -2.39. The van der Waals surface area contributed by atoms with Crippen LogP contribution in [-0.2, 0) is 6.42 Å². The summed E-state index contributed by atoms with van der Waals surface area (Å²) < 4.78 is 26.1. The van der Waals surface area contributed by atoms with E-state index in [-0.39, 0.29) is 13.0 Å². The van der Waals surface area contributed by atoms with Crippen molar-refractivity contribution in [1.82, 2.24) is 0 Å². The molecule has 0 fully saturated rings. The maximum atomic E-state index is 13.1. The molecule has 17 heavy (non-hydrogen) atoms. The lowest BCUT2D eigenvalue weighted by molar-refractivity contribution is -0.0491. The van der Waals surface area contributed by atoms with Crippen LogP contribution in [0.25, 0.3) is 0 Å². The lowest BCUT2D eigenvalue weighted by atomic mass is 9.73. The molecular weight excluding hydrogens is 224 g/mol. The van der Waals surface area contributed by atoms with E-state index in [1.807, 2.05) is 20.8 Å². The van der Waals surface area contributed by atoms with Crippen molar-refractivity contribution in [3.8, 4) is 0 Å². The van der Waals surface area contributed by atoms with Crippen LogP contribution in [0.2, 0.25) is 0 Å². The highest BCUT2D eigenvalue weighted by atomic mass is 19.1. The van der Waals surface area contributed by atoms with Gasteiger partial charge in [0.2, 0.25) is 0 Å². The second-order valence-electron chi connectivity index (χ2n) is 5.44. The molecule has 1 rings (SSSR count). The monoisotopic (exact) mass is 243 g/mol. The molecule has 1 aromatic rings. The summed E-state index contributed by atoms with van der Waals surface area (Å²) in [5, 5.41) is 10.4. The van der Waals surface area contributed by atoms with E-state index in [0.717, 1.165) is 6.07 Å². The minimum Gasteiger partial charge on any atom is -0.388 e. The Morgan fingerprint density at radius 1 is 1.12 bits per heavy atom. The van der Waals surface area contributed by atoms with Gasteiger partial charge in [-0.2, -0.15) is 0 Å². The zero-order valence-corrected chi connectivity index (χ0v) is 10.4. The highest BCUT2D eigenvalue weighted by Gasteiger charge is 2.38. The number of hydrogen-bond acceptors (Lipinski definition) is 2. The van der Waals surface area contributed by atoms with Crippen molar-refractivity contribution in [3.05, 3.63) is 35.4 Å². The first kappa shape index (κ1) is 14.1. The van der Waals surface area contributed by atoms with Crippen molar-refractivity contribution in [2.75, 3.05) is 6.54 Å². The van der Waals surface area contributed by atoms with Crippen molar-refractivity contribution in [2.24, 2.45) is 11.1 Å². The number of benzene rings is 1. The first-order valence-corrected chi connectivity index (χ1v) is 5.55. The fourth-order valence-electron chi connectivity index (χ4n) is 1.69. The van der Waals surface area contributed by atoms with Crippen LogP contribution in [0.15, 0.2) is 18.2 Å². The standard InChI is InChI=1S/C13H19F2NO/c1-12(2,3)13(17,8-16)7-9-4-10(14)6-11(15)5-9/h4-6,17H,7-8,16H2,1-3H3. The zero-order chi connectivity index (χ0) is 13.3. The Bertz CT molecular complexity index is 381. The average molecular weight is 243 g/mol. The summed E-state index contributed by atoms with van der Waals surface area (Å²) in [5.74, 6) is -1.29. The summed E-state index contributed by atoms with van der Waals surface area (Å²) in [7, 11) is 0. The summed E-state index contributed by atoms with van der Waals surface area (Å²) in [5.41, 5.74) is 4.33. The fraction of sp³-hybridized carbons (Fsp3) is 0.538. The van der Waals surface area contributed by atoms with Crippen molar-refractivity contribution < 1.29 is 13.9 Å². The van der Waals surface area contributed by atoms with Gasteiger partial charge in [0.1, 0.15) is 11.6 Å². The molecule has 0 bridgehead atoms. The molecule has 3 N–H and O–H groups in total. The fourth-order valence-corrected chi connectivity index (χ4v) is 1.69. The number of hydrogen-bond donors (Lipinski definition) is 2. The molecular formula is C13H19F2NO. The van der Waals surface area contributed by atoms with Gasteiger partial charge in [0.15, 0.2) is 0 Å². The molecule has 1 atom stereocenters. The minimum atomic E-state index is -1.19. The maximum absolute atomic E-state index is 13.1. The third-order valence-electron chi connectivity index (χ3n) is 3.15. The molecule has 0 spiro atoms. The number of rotatable bonds is 3. The van der Waals surface area contributed by atoms with Gasteiger partial charge < -0.3 is 10.8 Å². The van der Waals surface area contributed by atoms with E-state index in [2.05, 4.69) is 0 Å². The lowest BCUT2D eigenvalue weighted by Crippen LogP contribution is -2.50. The Labute approximate surface area is 100 Å². The third kappa shape index (κ3) is 3.23. The third-order valence-corrected chi connectivity index (χ3v) is 3.15. The number of halogens is 2. The van der Waals surface area contributed by atoms with Gasteiger partial charge in [-0.3, -0.25) is 0 Å². The molecule has 0 saturated carbocycles. The van der Waals surface area contributed by atoms with Crippen molar-refractivity contribution >= 4 is 0 Å². The van der Waals surface area contributed by atoms with Crippen LogP contribution >= 0.6 is 0 Å². The van der Waals surface area contributed by atoms with E-state index in [1.165, 1.54) is 12.1 Å². The second-order valence-corrected chi connectivity index (χ2v) is 5.44. The Hall–Kier alpha value is -1.00. The topological polar surface area (TPSA) is 46.2 Å². The van der Waals surface area contributed by atoms with Crippen molar-refractivity contribution in [2.45, 2.75) is 32.8 Å². The van der Waals surface area contributed by atoms with Crippen LogP contribution in [0, 0.1) is 17.0 Å². The van der Waals surface area contributed by atoms with E-state index < -0.39 is 22.7 Å². The van der Waals surface area contributed by atoms with Gasteiger partial charge in [0.25, 0.3) is 0 Å². The molecule has 96 valence electrons. The van der Waals surface area contributed by atoms with Gasteiger partial charge in [-0.1, -0.05) is 20.8 Å². The van der Waals surface area contributed by atoms with E-state index >= 15 is 0 Å². The molecule has 1 unspecified atom stereocenters. The van der Waals surface area contributed by atoms with Crippen molar-refractivity contribution in [3.63, 3.8) is 0 Å². The Balaban J connectivity index is 3.03. The van der Waals surface area contributed by atoms with Gasteiger partial charge in [-0.05, 0) is 23.1 Å². The molecule has 0 radical (unpaired) electrons. The molecule has 0 aliphatic rings. The Kier molecular flexibility index (Phi) is 3.89. The van der Waals surface area contributed by atoms with Crippen LogP contribution in [-0.4, -0.2) is 17.3 Å². The molecule has 0 amide bonds. The quantitative estimate of drug-likeness (QED) is 0.855. The average Bonchev–Trinajstić information content (AvgIpc) is 2.13. The highest BCUT2D eigenvalue weighted by Crippen LogP contribution is 2.32. The molecule has 4 heteroatoms. The van der Waals surface area contributed by atoms with E-state index in [4.69, 9.17) is 5.73 Å². The minimum absolute atomic E-state index is 0.0363. The number of aliphatic hydroxyl groups is 1. The Morgan fingerprint density at radius 2 is 1.59 bits per heavy atom. The van der Waals surface area contributed by atoms with Crippen LogP contribution < -0.4 is 5.73 Å². The first-order valence-electron chi connectivity index (χ1n) is 5.55. The van der Waals surface area contributed by atoms with Gasteiger partial charge >= 0.3 is 0 Å². The molecule has 0 aliphatic carbocycles. The first-order chi connectivity index (χ1) is 7.68. The van der Waals surface area contributed by atoms with E-state index in [9.17, 15) is 13.9 Å². The maximum Gasteiger partial charge on any atom is 0.126 e. The summed E-state index contributed by atoms with van der Waals surface area (Å²) in [6.45, 7) is 5.56. The van der Waals surface area contributed by atoms with Gasteiger partial charge in [-0.25, -0.2) is 8.78 Å². The van der Waals surface area contributed by atoms with Gasteiger partial charge in [0.05, 0.1) is 5.60 Å². The summed E-state index contributed by atoms with van der Waals surface area (Å²) >= 11 is 0. The van der Waals surface area contributed by atoms with Crippen LogP contribution in [0.3, 0.4) is 0 Å². The molecule has 1 aromatic carbocycles. The number of nitrogens with two attached hydrogens (primary N) is 1. The Morgan fingerprint density at radius 3 is 1.94 bits per heavy atom. The molecule has 0 aromatic heterocycles. The summed E-state index contributed by atoms with van der Waals surface area (Å²) in [6, 6.07) is 3.24. The molecule has 0 saturated heterocycles. The summed E-state index contributed by atoms with van der Waals surface area (Å²) in [4.78, 5) is 0. The molecule has 0 heterocycles. The molecule has 2 nitrogen and oxygen atoms in total. The summed E-state index contributed by atoms with van der Waals surface area (Å²) in [6.07, 6.45) is 0.127. The zero-order valence-electron chi connectivity index (χ0n) is 10.4. The predicted octanol–water partition coefficient (Wildman–Crippen LogP) is 2.24. The smallest absolute Gasteiger partial charge is 0.126 e. The normalized spacial score (nSPS) is 15.7. The SMILES string of the molecule is CC(C)(C)C(O)(CN)Cc1cc(F)cc(F)c1. The van der Waals surface area contributed by atoms with Gasteiger partial charge in [0, 0.05) is 19.0 Å².